The molecule has 1 aromatic rings. The van der Waals surface area contributed by atoms with Crippen LogP contribution in [0.15, 0.2) is 18.2 Å². The molecule has 0 aliphatic heterocycles. The van der Waals surface area contributed by atoms with E-state index in [2.05, 4.69) is 39.2 Å². The topological polar surface area (TPSA) is 126 Å². The highest BCUT2D eigenvalue weighted by Crippen LogP contribution is 2.36. The van der Waals surface area contributed by atoms with Gasteiger partial charge in [0.15, 0.2) is 8.32 Å². The SMILES string of the molecule is CC(C)(C)[Si](C)(C)OCCOCCOCCNc1ccc([N+](=O)[O-])cc1[N+](=O)[O-]. The van der Waals surface area contributed by atoms with Gasteiger partial charge in [0, 0.05) is 12.6 Å². The van der Waals surface area contributed by atoms with Gasteiger partial charge in [0.1, 0.15) is 5.69 Å². The molecule has 10 nitrogen and oxygen atoms in total. The third-order valence-electron chi connectivity index (χ3n) is 4.82. The maximum absolute atomic E-state index is 11.1. The van der Waals surface area contributed by atoms with Gasteiger partial charge in [-0.05, 0) is 24.2 Å². The normalized spacial score (nSPS) is 12.0. The van der Waals surface area contributed by atoms with E-state index in [1.165, 1.54) is 12.1 Å². The molecule has 0 saturated heterocycles. The Bertz CT molecular complexity index is 693. The lowest BCUT2D eigenvalue weighted by atomic mass is 10.2. The van der Waals surface area contributed by atoms with Gasteiger partial charge >= 0.3 is 0 Å². The summed E-state index contributed by atoms with van der Waals surface area (Å²) in [6.07, 6.45) is 0. The Morgan fingerprint density at radius 2 is 1.55 bits per heavy atom. The molecule has 0 radical (unpaired) electrons. The number of nitrogens with one attached hydrogen (secondary N) is 1. The number of ether oxygens (including phenoxy) is 2. The molecule has 0 bridgehead atoms. The lowest BCUT2D eigenvalue weighted by Gasteiger charge is -2.36. The number of rotatable bonds is 13. The zero-order valence-electron chi connectivity index (χ0n) is 17.7. The van der Waals surface area contributed by atoms with Crippen molar-refractivity contribution in [2.75, 3.05) is 44.9 Å². The van der Waals surface area contributed by atoms with E-state index >= 15 is 0 Å². The Labute approximate surface area is 172 Å². The summed E-state index contributed by atoms with van der Waals surface area (Å²) >= 11 is 0. The zero-order valence-corrected chi connectivity index (χ0v) is 18.7. The summed E-state index contributed by atoms with van der Waals surface area (Å²) in [5.74, 6) is 0. The number of non-ortho nitro benzene ring substituents is 1. The lowest BCUT2D eigenvalue weighted by Crippen LogP contribution is -2.41. The van der Waals surface area contributed by atoms with Crippen LogP contribution in [0.1, 0.15) is 20.8 Å². The second-order valence-corrected chi connectivity index (χ2v) is 12.8. The molecule has 0 aromatic heterocycles. The van der Waals surface area contributed by atoms with Gasteiger partial charge in [-0.1, -0.05) is 20.8 Å². The van der Waals surface area contributed by atoms with Crippen LogP contribution in [0.4, 0.5) is 17.1 Å². The summed E-state index contributed by atoms with van der Waals surface area (Å²) in [5.41, 5.74) is -0.458. The van der Waals surface area contributed by atoms with E-state index in [1.54, 1.807) is 0 Å². The number of nitrogens with zero attached hydrogens (tertiary/aromatic N) is 2. The maximum atomic E-state index is 11.1. The van der Waals surface area contributed by atoms with Crippen LogP contribution in [0.25, 0.3) is 0 Å². The Balaban J connectivity index is 2.21. The average molecular weight is 430 g/mol. The van der Waals surface area contributed by atoms with Crippen LogP contribution in [-0.2, 0) is 13.9 Å². The largest absolute Gasteiger partial charge is 0.414 e. The highest BCUT2D eigenvalue weighted by Gasteiger charge is 2.36. The third kappa shape index (κ3) is 8.44. The Hall–Kier alpha value is -2.08. The van der Waals surface area contributed by atoms with E-state index < -0.39 is 18.2 Å². The van der Waals surface area contributed by atoms with Gasteiger partial charge in [-0.25, -0.2) is 0 Å². The van der Waals surface area contributed by atoms with Crippen molar-refractivity contribution in [3.63, 3.8) is 0 Å². The van der Waals surface area contributed by atoms with E-state index in [1.807, 2.05) is 0 Å². The van der Waals surface area contributed by atoms with Crippen LogP contribution in [0.5, 0.6) is 0 Å². The van der Waals surface area contributed by atoms with Crippen molar-refractivity contribution in [3.05, 3.63) is 38.4 Å². The summed E-state index contributed by atoms with van der Waals surface area (Å²) in [7, 11) is -1.75. The van der Waals surface area contributed by atoms with Gasteiger partial charge in [0.05, 0.1) is 48.9 Å². The molecule has 164 valence electrons. The molecule has 0 heterocycles. The molecule has 0 aliphatic rings. The Kier molecular flexibility index (Phi) is 9.63. The van der Waals surface area contributed by atoms with Crippen molar-refractivity contribution < 1.29 is 23.7 Å². The summed E-state index contributed by atoms with van der Waals surface area (Å²) in [5, 5.41) is 24.8. The third-order valence-corrected chi connectivity index (χ3v) is 9.36. The molecule has 1 N–H and O–H groups in total. The number of anilines is 1. The van der Waals surface area contributed by atoms with Crippen LogP contribution in [-0.4, -0.2) is 57.7 Å². The summed E-state index contributed by atoms with van der Waals surface area (Å²) in [4.78, 5) is 20.5. The van der Waals surface area contributed by atoms with E-state index in [0.717, 1.165) is 6.07 Å². The predicted octanol–water partition coefficient (Wildman–Crippen LogP) is 3.97. The van der Waals surface area contributed by atoms with Gasteiger partial charge < -0.3 is 19.2 Å². The number of hydrogen-bond acceptors (Lipinski definition) is 8. The molecule has 0 aliphatic carbocycles. The number of benzene rings is 1. The molecule has 1 aromatic carbocycles. The highest BCUT2D eigenvalue weighted by molar-refractivity contribution is 6.74. The van der Waals surface area contributed by atoms with Gasteiger partial charge in [0.25, 0.3) is 11.4 Å². The van der Waals surface area contributed by atoms with Crippen molar-refractivity contribution in [2.24, 2.45) is 0 Å². The first-order chi connectivity index (χ1) is 13.5. The predicted molar refractivity (Wildman–Crippen MR) is 113 cm³/mol. The Morgan fingerprint density at radius 3 is 2.10 bits per heavy atom. The van der Waals surface area contributed by atoms with Crippen LogP contribution < -0.4 is 5.32 Å². The second kappa shape index (κ2) is 11.2. The molecule has 11 heteroatoms. The molecule has 0 spiro atoms. The van der Waals surface area contributed by atoms with Crippen molar-refractivity contribution in [1.29, 1.82) is 0 Å². The molecule has 0 fully saturated rings. The standard InChI is InChI=1S/C18H31N3O7Si/c1-18(2,3)29(4,5)28-13-12-27-11-10-26-9-8-19-16-7-6-15(20(22)23)14-17(16)21(24)25/h6-7,14,19H,8-13H2,1-5H3. The molecular weight excluding hydrogens is 398 g/mol. The van der Waals surface area contributed by atoms with Crippen molar-refractivity contribution >= 4 is 25.4 Å². The molecule has 29 heavy (non-hydrogen) atoms. The molecular formula is C18H31N3O7Si. The first kappa shape index (κ1) is 25.0. The van der Waals surface area contributed by atoms with Crippen molar-refractivity contribution in [3.8, 4) is 0 Å². The minimum Gasteiger partial charge on any atom is -0.414 e. The van der Waals surface area contributed by atoms with Gasteiger partial charge in [0.2, 0.25) is 0 Å². The fourth-order valence-electron chi connectivity index (χ4n) is 2.09. The second-order valence-electron chi connectivity index (χ2n) is 7.98. The number of nitro groups is 2. The zero-order chi connectivity index (χ0) is 22.1. The molecule has 0 saturated carbocycles. The molecule has 0 amide bonds. The van der Waals surface area contributed by atoms with Crippen LogP contribution >= 0.6 is 0 Å². The van der Waals surface area contributed by atoms with Crippen molar-refractivity contribution in [1.82, 2.24) is 0 Å². The number of hydrogen-bond donors (Lipinski definition) is 1. The monoisotopic (exact) mass is 429 g/mol. The quantitative estimate of drug-likeness (QED) is 0.216. The van der Waals surface area contributed by atoms with E-state index in [4.69, 9.17) is 13.9 Å². The highest BCUT2D eigenvalue weighted by atomic mass is 28.4. The maximum Gasteiger partial charge on any atom is 0.299 e. The van der Waals surface area contributed by atoms with Crippen LogP contribution in [0.2, 0.25) is 18.1 Å². The van der Waals surface area contributed by atoms with Gasteiger partial charge in [-0.15, -0.1) is 0 Å². The smallest absolute Gasteiger partial charge is 0.299 e. The Morgan fingerprint density at radius 1 is 0.966 bits per heavy atom. The average Bonchev–Trinajstić information content (AvgIpc) is 2.62. The first-order valence-electron chi connectivity index (χ1n) is 9.42. The van der Waals surface area contributed by atoms with E-state index in [9.17, 15) is 20.2 Å². The molecule has 0 unspecified atom stereocenters. The van der Waals surface area contributed by atoms with E-state index in [-0.39, 0.29) is 22.1 Å². The first-order valence-corrected chi connectivity index (χ1v) is 12.3. The van der Waals surface area contributed by atoms with Gasteiger partial charge in [-0.3, -0.25) is 20.2 Å². The van der Waals surface area contributed by atoms with Crippen molar-refractivity contribution in [2.45, 2.75) is 38.9 Å². The van der Waals surface area contributed by atoms with E-state index in [0.29, 0.717) is 39.6 Å². The molecule has 1 rings (SSSR count). The summed E-state index contributed by atoms with van der Waals surface area (Å²) < 4.78 is 16.9. The fraction of sp³-hybridized carbons (Fsp3) is 0.667. The van der Waals surface area contributed by atoms with Crippen LogP contribution in [0.3, 0.4) is 0 Å². The fourth-order valence-corrected chi connectivity index (χ4v) is 3.11. The minimum atomic E-state index is -1.75. The van der Waals surface area contributed by atoms with Crippen LogP contribution in [0, 0.1) is 20.2 Å². The lowest BCUT2D eigenvalue weighted by molar-refractivity contribution is -0.393. The minimum absolute atomic E-state index is 0.169. The summed E-state index contributed by atoms with van der Waals surface area (Å²) in [6, 6.07) is 3.47. The molecule has 0 atom stereocenters. The van der Waals surface area contributed by atoms with Gasteiger partial charge in [-0.2, -0.15) is 0 Å². The number of nitro benzene ring substituents is 2. The summed E-state index contributed by atoms with van der Waals surface area (Å²) in [6.45, 7) is 13.5.